The van der Waals surface area contributed by atoms with E-state index in [1.54, 1.807) is 0 Å². The molecule has 168 valence electrons. The fraction of sp³-hybridized carbons (Fsp3) is 0.652. The molecule has 0 bridgehead atoms. The van der Waals surface area contributed by atoms with Gasteiger partial charge in [0.2, 0.25) is 5.91 Å². The van der Waals surface area contributed by atoms with Gasteiger partial charge in [0.05, 0.1) is 6.54 Å². The lowest BCUT2D eigenvalue weighted by Crippen LogP contribution is -2.50. The molecule has 0 radical (unpaired) electrons. The monoisotopic (exact) mass is 527 g/mol. The number of piperazine rings is 1. The summed E-state index contributed by atoms with van der Waals surface area (Å²) in [7, 11) is 2.09. The van der Waals surface area contributed by atoms with Crippen LogP contribution in [0.5, 0.6) is 0 Å². The highest BCUT2D eigenvalue weighted by atomic mass is 127. The van der Waals surface area contributed by atoms with Crippen LogP contribution < -0.4 is 5.32 Å². The van der Waals surface area contributed by atoms with Crippen molar-refractivity contribution in [3.05, 3.63) is 35.9 Å². The van der Waals surface area contributed by atoms with E-state index in [2.05, 4.69) is 58.3 Å². The fourth-order valence-corrected chi connectivity index (χ4v) is 4.32. The summed E-state index contributed by atoms with van der Waals surface area (Å²) in [5.41, 5.74) is 1.28. The van der Waals surface area contributed by atoms with E-state index in [0.29, 0.717) is 11.8 Å². The van der Waals surface area contributed by atoms with Gasteiger partial charge in [0, 0.05) is 58.8 Å². The Balaban J connectivity index is 0.00000320. The molecule has 1 aromatic carbocycles. The van der Waals surface area contributed by atoms with E-state index in [4.69, 9.17) is 4.99 Å². The van der Waals surface area contributed by atoms with Gasteiger partial charge in [-0.1, -0.05) is 43.2 Å². The number of hydrogen-bond acceptors (Lipinski definition) is 3. The van der Waals surface area contributed by atoms with Crippen LogP contribution in [-0.2, 0) is 11.3 Å². The third kappa shape index (κ3) is 7.41. The average molecular weight is 527 g/mol. The number of nitrogens with zero attached hydrogens (tertiary/aromatic N) is 4. The highest BCUT2D eigenvalue weighted by molar-refractivity contribution is 14.0. The molecule has 6 nitrogen and oxygen atoms in total. The van der Waals surface area contributed by atoms with Crippen molar-refractivity contribution >= 4 is 35.8 Å². The summed E-state index contributed by atoms with van der Waals surface area (Å²) in [4.78, 5) is 24.1. The predicted molar refractivity (Wildman–Crippen MR) is 134 cm³/mol. The lowest BCUT2D eigenvalue weighted by molar-refractivity contribution is -0.137. The first-order valence-electron chi connectivity index (χ1n) is 11.2. The van der Waals surface area contributed by atoms with E-state index in [-0.39, 0.29) is 24.0 Å². The second kappa shape index (κ2) is 13.1. The topological polar surface area (TPSA) is 51.2 Å². The molecule has 0 spiro atoms. The Hall–Kier alpha value is -1.35. The van der Waals surface area contributed by atoms with Crippen molar-refractivity contribution in [3.8, 4) is 0 Å². The molecular formula is C23H38IN5O. The van der Waals surface area contributed by atoms with Crippen molar-refractivity contribution in [2.45, 2.75) is 39.2 Å². The number of guanidine groups is 1. The highest BCUT2D eigenvalue weighted by Gasteiger charge is 2.29. The first-order chi connectivity index (χ1) is 14.2. The Morgan fingerprint density at radius 1 is 1.13 bits per heavy atom. The lowest BCUT2D eigenvalue weighted by Gasteiger charge is -2.35. The summed E-state index contributed by atoms with van der Waals surface area (Å²) >= 11 is 0. The van der Waals surface area contributed by atoms with Crippen LogP contribution in [-0.4, -0.2) is 79.4 Å². The van der Waals surface area contributed by atoms with Crippen molar-refractivity contribution in [2.75, 3.05) is 52.9 Å². The average Bonchev–Trinajstić information content (AvgIpc) is 3.29. The molecule has 1 aliphatic carbocycles. The first-order valence-corrected chi connectivity index (χ1v) is 11.2. The van der Waals surface area contributed by atoms with Crippen LogP contribution in [0.4, 0.5) is 0 Å². The van der Waals surface area contributed by atoms with Crippen molar-refractivity contribution < 1.29 is 4.79 Å². The molecule has 2 fully saturated rings. The van der Waals surface area contributed by atoms with Gasteiger partial charge in [-0.2, -0.15) is 0 Å². The van der Waals surface area contributed by atoms with Gasteiger partial charge in [0.1, 0.15) is 0 Å². The number of carbonyl (C=O) groups excluding carboxylic acids is 1. The van der Waals surface area contributed by atoms with Crippen LogP contribution in [0.15, 0.2) is 35.3 Å². The summed E-state index contributed by atoms with van der Waals surface area (Å²) in [5, 5.41) is 3.40. The summed E-state index contributed by atoms with van der Waals surface area (Å²) in [5.74, 6) is 1.65. The number of carbonyl (C=O) groups is 1. The van der Waals surface area contributed by atoms with Gasteiger partial charge in [-0.3, -0.25) is 14.7 Å². The molecule has 0 atom stereocenters. The molecule has 7 heteroatoms. The molecule has 1 aromatic rings. The van der Waals surface area contributed by atoms with Gasteiger partial charge in [0.25, 0.3) is 0 Å². The summed E-state index contributed by atoms with van der Waals surface area (Å²) in [6.07, 6.45) is 4.64. The van der Waals surface area contributed by atoms with Gasteiger partial charge >= 0.3 is 0 Å². The minimum atomic E-state index is 0. The first kappa shape index (κ1) is 24.9. The number of hydrogen-bond donors (Lipinski definition) is 1. The number of nitrogens with one attached hydrogen (secondary N) is 1. The van der Waals surface area contributed by atoms with Gasteiger partial charge in [-0.25, -0.2) is 0 Å². The third-order valence-electron chi connectivity index (χ3n) is 6.03. The van der Waals surface area contributed by atoms with Gasteiger partial charge in [-0.15, -0.1) is 24.0 Å². The second-order valence-corrected chi connectivity index (χ2v) is 8.23. The summed E-state index contributed by atoms with van der Waals surface area (Å²) in [6.45, 7) is 9.19. The van der Waals surface area contributed by atoms with E-state index in [9.17, 15) is 4.79 Å². The predicted octanol–water partition coefficient (Wildman–Crippen LogP) is 3.04. The maximum absolute atomic E-state index is 12.6. The minimum absolute atomic E-state index is 0. The summed E-state index contributed by atoms with van der Waals surface area (Å²) < 4.78 is 0. The fourth-order valence-electron chi connectivity index (χ4n) is 4.32. The van der Waals surface area contributed by atoms with Crippen LogP contribution >= 0.6 is 24.0 Å². The number of benzene rings is 1. The van der Waals surface area contributed by atoms with Crippen LogP contribution in [0.3, 0.4) is 0 Å². The van der Waals surface area contributed by atoms with Gasteiger partial charge in [0.15, 0.2) is 5.96 Å². The lowest BCUT2D eigenvalue weighted by atomic mass is 10.1. The maximum atomic E-state index is 12.6. The number of aliphatic imine (C=N–C) groups is 1. The van der Waals surface area contributed by atoms with Crippen molar-refractivity contribution in [1.82, 2.24) is 20.0 Å². The molecule has 1 aliphatic heterocycles. The van der Waals surface area contributed by atoms with Gasteiger partial charge in [-0.05, 0) is 25.3 Å². The zero-order chi connectivity index (χ0) is 20.5. The Kier molecular flexibility index (Phi) is 10.9. The Morgan fingerprint density at radius 2 is 1.80 bits per heavy atom. The second-order valence-electron chi connectivity index (χ2n) is 8.23. The van der Waals surface area contributed by atoms with Crippen LogP contribution in [0.25, 0.3) is 0 Å². The Morgan fingerprint density at radius 3 is 2.43 bits per heavy atom. The van der Waals surface area contributed by atoms with Crippen molar-refractivity contribution in [1.29, 1.82) is 0 Å². The molecule has 0 aromatic heterocycles. The van der Waals surface area contributed by atoms with Crippen molar-refractivity contribution in [3.63, 3.8) is 0 Å². The Bertz CT molecular complexity index is 655. The van der Waals surface area contributed by atoms with Gasteiger partial charge < -0.3 is 15.1 Å². The smallest absolute Gasteiger partial charge is 0.225 e. The molecule has 1 N–H and O–H groups in total. The Labute approximate surface area is 199 Å². The molecular weight excluding hydrogens is 489 g/mol. The maximum Gasteiger partial charge on any atom is 0.225 e. The molecule has 1 saturated carbocycles. The summed E-state index contributed by atoms with van der Waals surface area (Å²) in [6, 6.07) is 10.5. The number of rotatable bonds is 7. The molecule has 2 aliphatic rings. The van der Waals surface area contributed by atoms with Crippen LogP contribution in [0, 0.1) is 5.92 Å². The third-order valence-corrected chi connectivity index (χ3v) is 6.03. The quantitative estimate of drug-likeness (QED) is 0.337. The zero-order valence-electron chi connectivity index (χ0n) is 18.6. The number of amides is 1. The molecule has 1 heterocycles. The largest absolute Gasteiger partial charge is 0.357 e. The van der Waals surface area contributed by atoms with E-state index < -0.39 is 0 Å². The highest BCUT2D eigenvalue weighted by Crippen LogP contribution is 2.26. The van der Waals surface area contributed by atoms with E-state index >= 15 is 0 Å². The van der Waals surface area contributed by atoms with E-state index in [1.807, 2.05) is 6.07 Å². The molecule has 30 heavy (non-hydrogen) atoms. The van der Waals surface area contributed by atoms with Crippen LogP contribution in [0.1, 0.15) is 38.2 Å². The zero-order valence-corrected chi connectivity index (χ0v) is 20.9. The number of halogens is 1. The SMILES string of the molecule is CCNC(=NCCN1CCN(C(=O)C2CCCC2)CC1)N(C)Cc1ccccc1.I. The normalized spacial score (nSPS) is 18.2. The molecule has 3 rings (SSSR count). The van der Waals surface area contributed by atoms with E-state index in [0.717, 1.165) is 71.2 Å². The minimum Gasteiger partial charge on any atom is -0.357 e. The standard InChI is InChI=1S/C23H37N5O.HI/c1-3-24-23(26(2)19-20-9-5-4-6-10-20)25-13-14-27-15-17-28(18-16-27)22(29)21-11-7-8-12-21;/h4-6,9-10,21H,3,7-8,11-19H2,1-2H3,(H,24,25);1H. The molecule has 1 amide bonds. The van der Waals surface area contributed by atoms with Crippen LogP contribution in [0.2, 0.25) is 0 Å². The molecule has 1 saturated heterocycles. The molecule has 0 unspecified atom stereocenters. The van der Waals surface area contributed by atoms with Crippen molar-refractivity contribution in [2.24, 2.45) is 10.9 Å². The van der Waals surface area contributed by atoms with E-state index in [1.165, 1.54) is 18.4 Å².